The molecule has 0 radical (unpaired) electrons. The molecule has 0 aliphatic carbocycles. The Morgan fingerprint density at radius 1 is 1.15 bits per heavy atom. The topological polar surface area (TPSA) is 9.23 Å². The van der Waals surface area contributed by atoms with Crippen molar-refractivity contribution >= 4 is 15.9 Å². The van der Waals surface area contributed by atoms with E-state index in [0.29, 0.717) is 0 Å². The Labute approximate surface area is 89.2 Å². The van der Waals surface area contributed by atoms with Crippen LogP contribution in [0.15, 0.2) is 18.2 Å². The Bertz CT molecular complexity index is 226. The summed E-state index contributed by atoms with van der Waals surface area (Å²) in [5.74, 6) is 2.85. The Morgan fingerprint density at radius 2 is 1.62 bits per heavy atom. The molecule has 13 heavy (non-hydrogen) atoms. The van der Waals surface area contributed by atoms with Gasteiger partial charge in [0.15, 0.2) is 0 Å². The largest absolute Gasteiger partial charge is 0.493 e. The fourth-order valence-electron chi connectivity index (χ4n) is 1.17. The van der Waals surface area contributed by atoms with Crippen LogP contribution in [0.4, 0.5) is 0 Å². The van der Waals surface area contributed by atoms with Gasteiger partial charge in [-0.05, 0) is 37.7 Å². The zero-order valence-corrected chi connectivity index (χ0v) is 10.3. The first-order valence-corrected chi connectivity index (χ1v) is 5.91. The summed E-state index contributed by atoms with van der Waals surface area (Å²) in [6, 6.07) is 6.18. The van der Waals surface area contributed by atoms with Crippen LogP contribution in [-0.2, 0) is 0 Å². The molecule has 74 valence electrons. The summed E-state index contributed by atoms with van der Waals surface area (Å²) in [6.45, 7) is 6.88. The summed E-state index contributed by atoms with van der Waals surface area (Å²) < 4.78 is 5.47. The molecule has 0 saturated heterocycles. The highest BCUT2D eigenvalue weighted by Gasteiger charge is 1.99. The second kappa shape index (κ2) is 6.96. The minimum atomic E-state index is 0.742. The van der Waals surface area contributed by atoms with E-state index in [-0.39, 0.29) is 0 Å². The molecule has 0 spiro atoms. The van der Waals surface area contributed by atoms with Gasteiger partial charge in [-0.15, -0.1) is 0 Å². The smallest absolute Gasteiger partial charge is 0.125 e. The van der Waals surface area contributed by atoms with Gasteiger partial charge in [0.05, 0.1) is 6.61 Å². The molecule has 0 aliphatic rings. The average molecular weight is 245 g/mol. The highest BCUT2D eigenvalue weighted by Crippen LogP contribution is 2.21. The lowest BCUT2D eigenvalue weighted by atomic mass is 10.1. The van der Waals surface area contributed by atoms with Gasteiger partial charge in [-0.1, -0.05) is 34.1 Å². The monoisotopic (exact) mass is 244 g/mol. The number of rotatable bonds is 2. The number of ether oxygens (including phenoxy) is 1. The lowest BCUT2D eigenvalue weighted by Crippen LogP contribution is -1.95. The summed E-state index contributed by atoms with van der Waals surface area (Å²) in [7, 11) is 0. The van der Waals surface area contributed by atoms with Crippen molar-refractivity contribution in [2.24, 2.45) is 0 Å². The van der Waals surface area contributed by atoms with Gasteiger partial charge in [-0.25, -0.2) is 0 Å². The molecule has 1 rings (SSSR count). The van der Waals surface area contributed by atoms with Crippen LogP contribution in [0.5, 0.6) is 5.75 Å². The molecule has 0 heterocycles. The zero-order valence-electron chi connectivity index (χ0n) is 8.73. The van der Waals surface area contributed by atoms with Crippen LogP contribution in [-0.4, -0.2) is 12.4 Å². The van der Waals surface area contributed by atoms with Gasteiger partial charge in [-0.2, -0.15) is 0 Å². The van der Waals surface area contributed by atoms with Crippen LogP contribution >= 0.6 is 15.9 Å². The Kier molecular flexibility index (Phi) is 6.69. The van der Waals surface area contributed by atoms with E-state index in [1.165, 1.54) is 11.1 Å². The number of aryl methyl sites for hydroxylation is 2. The molecule has 0 aromatic heterocycles. The summed E-state index contributed by atoms with van der Waals surface area (Å²) in [6.07, 6.45) is 0. The summed E-state index contributed by atoms with van der Waals surface area (Å²) in [4.78, 5) is 0. The van der Waals surface area contributed by atoms with Crippen LogP contribution < -0.4 is 4.74 Å². The van der Waals surface area contributed by atoms with Gasteiger partial charge in [0.1, 0.15) is 5.75 Å². The third-order valence-electron chi connectivity index (χ3n) is 1.70. The van der Waals surface area contributed by atoms with Gasteiger partial charge in [0.2, 0.25) is 0 Å². The second-order valence-corrected chi connectivity index (χ2v) is 2.65. The standard InChI is InChI=1S/C10H14O.CH3Br/c1-4-11-10-8(2)6-5-7-9(10)3;1-2/h5-7H,4H2,1-3H3;1H3. The molecular formula is C11H17BrO. The summed E-state index contributed by atoms with van der Waals surface area (Å²) >= 11 is 2.94. The molecule has 0 fully saturated rings. The minimum Gasteiger partial charge on any atom is -0.493 e. The van der Waals surface area contributed by atoms with E-state index in [9.17, 15) is 0 Å². The van der Waals surface area contributed by atoms with Crippen molar-refractivity contribution in [3.05, 3.63) is 29.3 Å². The van der Waals surface area contributed by atoms with Crippen molar-refractivity contribution in [1.29, 1.82) is 0 Å². The van der Waals surface area contributed by atoms with E-state index in [1.54, 1.807) is 0 Å². The molecule has 0 saturated carbocycles. The lowest BCUT2D eigenvalue weighted by molar-refractivity contribution is 0.335. The normalized spacial score (nSPS) is 8.69. The van der Waals surface area contributed by atoms with Crippen LogP contribution in [0, 0.1) is 13.8 Å². The Morgan fingerprint density at radius 3 is 2.00 bits per heavy atom. The van der Waals surface area contributed by atoms with E-state index in [2.05, 4.69) is 41.9 Å². The van der Waals surface area contributed by atoms with Gasteiger partial charge in [0.25, 0.3) is 0 Å². The molecule has 1 aromatic carbocycles. The molecule has 0 bridgehead atoms. The fourth-order valence-corrected chi connectivity index (χ4v) is 1.17. The number of hydrogen-bond acceptors (Lipinski definition) is 1. The first-order valence-electron chi connectivity index (χ1n) is 4.32. The maximum Gasteiger partial charge on any atom is 0.125 e. The molecule has 0 unspecified atom stereocenters. The quantitative estimate of drug-likeness (QED) is 0.721. The number of alkyl halides is 1. The lowest BCUT2D eigenvalue weighted by Gasteiger charge is -2.08. The van der Waals surface area contributed by atoms with Crippen LogP contribution in [0.3, 0.4) is 0 Å². The fraction of sp³-hybridized carbons (Fsp3) is 0.455. The third kappa shape index (κ3) is 3.81. The van der Waals surface area contributed by atoms with E-state index < -0.39 is 0 Å². The van der Waals surface area contributed by atoms with Crippen molar-refractivity contribution in [2.75, 3.05) is 12.4 Å². The van der Waals surface area contributed by atoms with Crippen molar-refractivity contribution < 1.29 is 4.74 Å². The van der Waals surface area contributed by atoms with E-state index in [4.69, 9.17) is 4.74 Å². The van der Waals surface area contributed by atoms with Crippen LogP contribution in [0.1, 0.15) is 18.1 Å². The van der Waals surface area contributed by atoms with Gasteiger partial charge >= 0.3 is 0 Å². The van der Waals surface area contributed by atoms with Crippen molar-refractivity contribution in [2.45, 2.75) is 20.8 Å². The van der Waals surface area contributed by atoms with E-state index in [1.807, 2.05) is 18.8 Å². The number of benzene rings is 1. The number of hydrogen-bond donors (Lipinski definition) is 0. The first kappa shape index (κ1) is 12.5. The average Bonchev–Trinajstić information content (AvgIpc) is 2.15. The highest BCUT2D eigenvalue weighted by atomic mass is 79.9. The predicted molar refractivity (Wildman–Crippen MR) is 61.9 cm³/mol. The number of para-hydroxylation sites is 1. The van der Waals surface area contributed by atoms with Gasteiger partial charge in [0, 0.05) is 0 Å². The first-order chi connectivity index (χ1) is 6.25. The molecule has 1 nitrogen and oxygen atoms in total. The molecule has 0 amide bonds. The maximum absolute atomic E-state index is 5.47. The molecule has 0 atom stereocenters. The predicted octanol–water partition coefficient (Wildman–Crippen LogP) is 3.71. The summed E-state index contributed by atoms with van der Waals surface area (Å²) in [5, 5.41) is 0. The maximum atomic E-state index is 5.47. The zero-order chi connectivity index (χ0) is 10.3. The summed E-state index contributed by atoms with van der Waals surface area (Å²) in [5.41, 5.74) is 2.43. The molecule has 0 N–H and O–H groups in total. The van der Waals surface area contributed by atoms with E-state index in [0.717, 1.165) is 12.4 Å². The third-order valence-corrected chi connectivity index (χ3v) is 1.70. The van der Waals surface area contributed by atoms with Crippen molar-refractivity contribution in [3.8, 4) is 5.75 Å². The minimum absolute atomic E-state index is 0.742. The number of halogens is 1. The van der Waals surface area contributed by atoms with E-state index >= 15 is 0 Å². The van der Waals surface area contributed by atoms with Crippen LogP contribution in [0.2, 0.25) is 0 Å². The van der Waals surface area contributed by atoms with Crippen molar-refractivity contribution in [1.82, 2.24) is 0 Å². The van der Waals surface area contributed by atoms with Crippen LogP contribution in [0.25, 0.3) is 0 Å². The highest BCUT2D eigenvalue weighted by molar-refractivity contribution is 9.08. The Hall–Kier alpha value is -0.500. The second-order valence-electron chi connectivity index (χ2n) is 2.65. The molecular weight excluding hydrogens is 228 g/mol. The molecule has 0 aliphatic heterocycles. The SMILES string of the molecule is CBr.CCOc1c(C)cccc1C. The molecule has 1 aromatic rings. The van der Waals surface area contributed by atoms with Gasteiger partial charge in [-0.3, -0.25) is 0 Å². The molecule has 2 heteroatoms. The van der Waals surface area contributed by atoms with Crippen molar-refractivity contribution in [3.63, 3.8) is 0 Å². The Balaban J connectivity index is 0.000000671. The van der Waals surface area contributed by atoms with Gasteiger partial charge < -0.3 is 4.74 Å².